The molecule has 0 saturated heterocycles. The molecule has 0 atom stereocenters. The van der Waals surface area contributed by atoms with Gasteiger partial charge in [-0.2, -0.15) is 0 Å². The van der Waals surface area contributed by atoms with E-state index in [2.05, 4.69) is 25.7 Å². The van der Waals surface area contributed by atoms with Crippen LogP contribution in [-0.2, 0) is 19.1 Å². The van der Waals surface area contributed by atoms with Gasteiger partial charge in [-0.05, 0) is 12.8 Å². The van der Waals surface area contributed by atoms with Crippen LogP contribution in [0.5, 0.6) is 0 Å². The zero-order chi connectivity index (χ0) is 15.1. The van der Waals surface area contributed by atoms with E-state index >= 15 is 0 Å². The van der Waals surface area contributed by atoms with Gasteiger partial charge in [0.05, 0.1) is 13.2 Å². The largest absolute Gasteiger partial charge is 0.465 e. The first-order chi connectivity index (χ1) is 9.70. The molecule has 114 valence electrons. The Labute approximate surface area is 122 Å². The van der Waals surface area contributed by atoms with Crippen molar-refractivity contribution in [3.8, 4) is 11.8 Å². The molecule has 0 aromatic rings. The van der Waals surface area contributed by atoms with E-state index in [4.69, 9.17) is 9.47 Å². The van der Waals surface area contributed by atoms with Crippen molar-refractivity contribution in [2.24, 2.45) is 0 Å². The Morgan fingerprint density at radius 3 is 1.50 bits per heavy atom. The molecule has 4 nitrogen and oxygen atoms in total. The van der Waals surface area contributed by atoms with E-state index < -0.39 is 0 Å². The second-order valence-electron chi connectivity index (χ2n) is 4.56. The molecular formula is C16H26O4. The third-order valence-corrected chi connectivity index (χ3v) is 2.61. The summed E-state index contributed by atoms with van der Waals surface area (Å²) in [5, 5.41) is 0. The SMILES string of the molecule is CCCCCOC(=O)CC#CCC(=O)OCCCCC. The number of hydrogen-bond donors (Lipinski definition) is 0. The third-order valence-electron chi connectivity index (χ3n) is 2.61. The summed E-state index contributed by atoms with van der Waals surface area (Å²) in [5.41, 5.74) is 0. The number of hydrogen-bond acceptors (Lipinski definition) is 4. The summed E-state index contributed by atoms with van der Waals surface area (Å²) in [6.07, 6.45) is 6.16. The molecule has 0 aliphatic carbocycles. The van der Waals surface area contributed by atoms with Gasteiger partial charge < -0.3 is 9.47 Å². The maximum atomic E-state index is 11.3. The lowest BCUT2D eigenvalue weighted by atomic mass is 10.3. The van der Waals surface area contributed by atoms with Crippen molar-refractivity contribution in [3.05, 3.63) is 0 Å². The van der Waals surface area contributed by atoms with Crippen molar-refractivity contribution in [1.29, 1.82) is 0 Å². The van der Waals surface area contributed by atoms with Crippen LogP contribution in [0.3, 0.4) is 0 Å². The Kier molecular flexibility index (Phi) is 12.9. The minimum atomic E-state index is -0.329. The number of carbonyl (C=O) groups excluding carboxylic acids is 2. The van der Waals surface area contributed by atoms with Crippen molar-refractivity contribution in [3.63, 3.8) is 0 Å². The molecule has 0 aromatic heterocycles. The predicted octanol–water partition coefficient (Wildman–Crippen LogP) is 3.24. The highest BCUT2D eigenvalue weighted by molar-refractivity contribution is 5.74. The van der Waals surface area contributed by atoms with Gasteiger partial charge in [0.1, 0.15) is 12.8 Å². The van der Waals surface area contributed by atoms with Gasteiger partial charge in [-0.3, -0.25) is 9.59 Å². The fourth-order valence-corrected chi connectivity index (χ4v) is 1.45. The van der Waals surface area contributed by atoms with E-state index in [-0.39, 0.29) is 24.8 Å². The number of rotatable bonds is 10. The van der Waals surface area contributed by atoms with Gasteiger partial charge in [-0.25, -0.2) is 0 Å². The van der Waals surface area contributed by atoms with E-state index in [0.717, 1.165) is 38.5 Å². The van der Waals surface area contributed by atoms with Crippen molar-refractivity contribution in [2.45, 2.75) is 65.2 Å². The van der Waals surface area contributed by atoms with Crippen LogP contribution in [0.1, 0.15) is 65.2 Å². The van der Waals surface area contributed by atoms with E-state index in [1.807, 2.05) is 0 Å². The molecule has 0 bridgehead atoms. The fraction of sp³-hybridized carbons (Fsp3) is 0.750. The zero-order valence-electron chi connectivity index (χ0n) is 12.7. The summed E-state index contributed by atoms with van der Waals surface area (Å²) in [6, 6.07) is 0. The molecule has 0 rings (SSSR count). The van der Waals surface area contributed by atoms with Crippen LogP contribution in [0.25, 0.3) is 0 Å². The maximum Gasteiger partial charge on any atom is 0.317 e. The molecule has 0 spiro atoms. The average molecular weight is 282 g/mol. The van der Waals surface area contributed by atoms with Crippen LogP contribution in [0, 0.1) is 11.8 Å². The highest BCUT2D eigenvalue weighted by Gasteiger charge is 2.01. The molecule has 0 amide bonds. The van der Waals surface area contributed by atoms with Crippen LogP contribution >= 0.6 is 0 Å². The molecule has 4 heteroatoms. The molecule has 0 saturated carbocycles. The number of ether oxygens (including phenoxy) is 2. The average Bonchev–Trinajstić information content (AvgIpc) is 2.44. The summed E-state index contributed by atoms with van der Waals surface area (Å²) in [7, 11) is 0. The van der Waals surface area contributed by atoms with E-state index in [1.165, 1.54) is 0 Å². The van der Waals surface area contributed by atoms with Gasteiger partial charge in [-0.1, -0.05) is 51.4 Å². The van der Waals surface area contributed by atoms with Crippen LogP contribution in [0.4, 0.5) is 0 Å². The number of esters is 2. The van der Waals surface area contributed by atoms with Crippen molar-refractivity contribution >= 4 is 11.9 Å². The highest BCUT2D eigenvalue weighted by atomic mass is 16.5. The standard InChI is InChI=1S/C16H26O4/c1-3-5-9-13-19-15(17)11-7-8-12-16(18)20-14-10-6-4-2/h3-6,9-14H2,1-2H3. The molecule has 20 heavy (non-hydrogen) atoms. The molecule has 0 aromatic carbocycles. The highest BCUT2D eigenvalue weighted by Crippen LogP contribution is 1.97. The molecular weight excluding hydrogens is 256 g/mol. The van der Waals surface area contributed by atoms with Crippen LogP contribution in [-0.4, -0.2) is 25.2 Å². The Morgan fingerprint density at radius 1 is 0.750 bits per heavy atom. The second-order valence-corrected chi connectivity index (χ2v) is 4.56. The third kappa shape index (κ3) is 12.9. The molecule has 0 unspecified atom stereocenters. The first-order valence-corrected chi connectivity index (χ1v) is 7.47. The first-order valence-electron chi connectivity index (χ1n) is 7.47. The normalized spacial score (nSPS) is 9.50. The smallest absolute Gasteiger partial charge is 0.317 e. The van der Waals surface area contributed by atoms with E-state index in [9.17, 15) is 9.59 Å². The summed E-state index contributed by atoms with van der Waals surface area (Å²) in [6.45, 7) is 5.09. The second kappa shape index (κ2) is 13.9. The predicted molar refractivity (Wildman–Crippen MR) is 78.0 cm³/mol. The lowest BCUT2D eigenvalue weighted by molar-refractivity contribution is -0.143. The van der Waals surface area contributed by atoms with Gasteiger partial charge in [0.2, 0.25) is 0 Å². The van der Waals surface area contributed by atoms with E-state index in [1.54, 1.807) is 0 Å². The van der Waals surface area contributed by atoms with Crippen molar-refractivity contribution < 1.29 is 19.1 Å². The molecule has 0 N–H and O–H groups in total. The summed E-state index contributed by atoms with van der Waals surface area (Å²) in [4.78, 5) is 22.5. The monoisotopic (exact) mass is 282 g/mol. The molecule has 0 fully saturated rings. The maximum absolute atomic E-state index is 11.3. The molecule has 0 aliphatic heterocycles. The Hall–Kier alpha value is -1.50. The number of unbranched alkanes of at least 4 members (excludes halogenated alkanes) is 4. The zero-order valence-corrected chi connectivity index (χ0v) is 12.7. The minimum Gasteiger partial charge on any atom is -0.465 e. The Morgan fingerprint density at radius 2 is 1.15 bits per heavy atom. The summed E-state index contributed by atoms with van der Waals surface area (Å²) < 4.78 is 9.97. The van der Waals surface area contributed by atoms with Gasteiger partial charge in [0.25, 0.3) is 0 Å². The van der Waals surface area contributed by atoms with Crippen LogP contribution in [0.2, 0.25) is 0 Å². The summed E-state index contributed by atoms with van der Waals surface area (Å²) in [5.74, 6) is 4.61. The van der Waals surface area contributed by atoms with Crippen molar-refractivity contribution in [2.75, 3.05) is 13.2 Å². The molecule has 0 aliphatic rings. The van der Waals surface area contributed by atoms with Gasteiger partial charge in [0, 0.05) is 0 Å². The quantitative estimate of drug-likeness (QED) is 0.351. The molecule has 0 radical (unpaired) electrons. The fourth-order valence-electron chi connectivity index (χ4n) is 1.45. The summed E-state index contributed by atoms with van der Waals surface area (Å²) >= 11 is 0. The van der Waals surface area contributed by atoms with Crippen LogP contribution in [0.15, 0.2) is 0 Å². The van der Waals surface area contributed by atoms with Gasteiger partial charge in [-0.15, -0.1) is 0 Å². The Balaban J connectivity index is 3.55. The Bertz CT molecular complexity index is 295. The van der Waals surface area contributed by atoms with Crippen molar-refractivity contribution in [1.82, 2.24) is 0 Å². The van der Waals surface area contributed by atoms with Gasteiger partial charge in [0.15, 0.2) is 0 Å². The minimum absolute atomic E-state index is 0.0369. The first kappa shape index (κ1) is 18.5. The lowest BCUT2D eigenvalue weighted by Crippen LogP contribution is -2.05. The van der Waals surface area contributed by atoms with E-state index in [0.29, 0.717) is 13.2 Å². The number of carbonyl (C=O) groups is 2. The molecule has 0 heterocycles. The lowest BCUT2D eigenvalue weighted by Gasteiger charge is -2.01. The topological polar surface area (TPSA) is 52.6 Å². The van der Waals surface area contributed by atoms with Gasteiger partial charge >= 0.3 is 11.9 Å². The van der Waals surface area contributed by atoms with Crippen LogP contribution < -0.4 is 0 Å².